The lowest BCUT2D eigenvalue weighted by Gasteiger charge is -2.50. The minimum Gasteiger partial charge on any atom is -0.463 e. The lowest BCUT2D eigenvalue weighted by Crippen LogP contribution is -2.70. The first-order chi connectivity index (χ1) is 54.7. The van der Waals surface area contributed by atoms with Crippen molar-refractivity contribution in [3.05, 3.63) is 36.5 Å². The number of carbonyl (C=O) groups is 4. The zero-order valence-corrected chi connectivity index (χ0v) is 70.8. The van der Waals surface area contributed by atoms with Crippen LogP contribution < -0.4 is 0 Å². The highest BCUT2D eigenvalue weighted by molar-refractivity contribution is 7.47. The number of allylic oxidation sites excluding steroid dienone is 6. The van der Waals surface area contributed by atoms with Crippen molar-refractivity contribution in [1.29, 1.82) is 0 Å². The summed E-state index contributed by atoms with van der Waals surface area (Å²) in [5.74, 6) is -3.01. The Morgan fingerprint density at radius 3 is 1.07 bits per heavy atom. The van der Waals surface area contributed by atoms with Crippen LogP contribution in [0.25, 0.3) is 0 Å². The minimum absolute atomic E-state index is 0.00797. The van der Waals surface area contributed by atoms with E-state index in [-0.39, 0.29) is 25.7 Å². The van der Waals surface area contributed by atoms with E-state index in [0.29, 0.717) is 38.5 Å². The van der Waals surface area contributed by atoms with Gasteiger partial charge in [0.15, 0.2) is 24.8 Å². The Labute approximate surface area is 678 Å². The van der Waals surface area contributed by atoms with Crippen LogP contribution in [0.15, 0.2) is 36.5 Å². The number of phosphoric ester groups is 1. The monoisotopic (exact) mass is 1630 g/mol. The van der Waals surface area contributed by atoms with Gasteiger partial charge in [-0.25, -0.2) is 4.57 Å². The van der Waals surface area contributed by atoms with Crippen molar-refractivity contribution >= 4 is 31.7 Å². The van der Waals surface area contributed by atoms with Crippen molar-refractivity contribution in [2.75, 3.05) is 26.4 Å². The molecular formula is C87H157O25P. The lowest BCUT2D eigenvalue weighted by molar-refractivity contribution is -0.360. The van der Waals surface area contributed by atoms with Crippen molar-refractivity contribution in [2.24, 2.45) is 0 Å². The highest BCUT2D eigenvalue weighted by atomic mass is 31.2. The molecular weight excluding hydrogens is 1480 g/mol. The second-order valence-corrected chi connectivity index (χ2v) is 33.1. The topological polar surface area (TPSA) is 380 Å². The molecule has 0 aromatic heterocycles. The van der Waals surface area contributed by atoms with Gasteiger partial charge in [0.2, 0.25) is 0 Å². The number of unbranched alkanes of at least 4 members (excludes halogenated alkanes) is 41. The molecule has 3 rings (SSSR count). The number of aliphatic hydroxyl groups is 9. The van der Waals surface area contributed by atoms with Gasteiger partial charge < -0.3 is 88.7 Å². The van der Waals surface area contributed by atoms with Gasteiger partial charge in [0, 0.05) is 25.7 Å². The molecule has 113 heavy (non-hydrogen) atoms. The van der Waals surface area contributed by atoms with Gasteiger partial charge in [-0.1, -0.05) is 270 Å². The number of ether oxygens (including phenoxy) is 8. The molecule has 18 atom stereocenters. The number of hydrogen-bond donors (Lipinski definition) is 10. The molecule has 2 aliphatic heterocycles. The summed E-state index contributed by atoms with van der Waals surface area (Å²) in [4.78, 5) is 66.2. The summed E-state index contributed by atoms with van der Waals surface area (Å²) in [7, 11) is -5.81. The van der Waals surface area contributed by atoms with Crippen molar-refractivity contribution in [2.45, 2.75) is 466 Å². The maximum Gasteiger partial charge on any atom is 0.472 e. The highest BCUT2D eigenvalue weighted by Crippen LogP contribution is 2.49. The van der Waals surface area contributed by atoms with E-state index in [0.717, 1.165) is 135 Å². The molecule has 660 valence electrons. The van der Waals surface area contributed by atoms with Crippen LogP contribution in [0.4, 0.5) is 0 Å². The van der Waals surface area contributed by atoms with Gasteiger partial charge in [-0.2, -0.15) is 0 Å². The van der Waals surface area contributed by atoms with Crippen LogP contribution in [0.5, 0.6) is 0 Å². The third-order valence-electron chi connectivity index (χ3n) is 21.6. The first kappa shape index (κ1) is 104. The maximum absolute atomic E-state index is 14.9. The predicted octanol–water partition coefficient (Wildman–Crippen LogP) is 15.5. The quantitative estimate of drug-likeness (QED) is 0.00889. The molecule has 2 saturated heterocycles. The largest absolute Gasteiger partial charge is 0.472 e. The van der Waals surface area contributed by atoms with E-state index in [1.807, 2.05) is 0 Å². The Morgan fingerprint density at radius 2 is 0.664 bits per heavy atom. The maximum atomic E-state index is 14.9. The van der Waals surface area contributed by atoms with Crippen molar-refractivity contribution in [1.82, 2.24) is 0 Å². The number of carbonyl (C=O) groups excluding carboxylic acids is 4. The van der Waals surface area contributed by atoms with Crippen LogP contribution in [0, 0.1) is 0 Å². The fraction of sp³-hybridized carbons (Fsp3) is 0.885. The first-order valence-electron chi connectivity index (χ1n) is 44.7. The third kappa shape index (κ3) is 47.3. The zero-order chi connectivity index (χ0) is 82.5. The molecule has 18 unspecified atom stereocenters. The van der Waals surface area contributed by atoms with Gasteiger partial charge >= 0.3 is 31.7 Å². The van der Waals surface area contributed by atoms with Crippen molar-refractivity contribution in [3.63, 3.8) is 0 Å². The molecule has 26 heteroatoms. The highest BCUT2D eigenvalue weighted by Gasteiger charge is 2.60. The van der Waals surface area contributed by atoms with Gasteiger partial charge in [-0.3, -0.25) is 28.2 Å². The van der Waals surface area contributed by atoms with Crippen LogP contribution >= 0.6 is 7.82 Å². The number of rotatable bonds is 71. The first-order valence-corrected chi connectivity index (χ1v) is 46.2. The molecule has 25 nitrogen and oxygen atoms in total. The van der Waals surface area contributed by atoms with Crippen molar-refractivity contribution < 1.29 is 122 Å². The fourth-order valence-corrected chi connectivity index (χ4v) is 15.4. The zero-order valence-electron chi connectivity index (χ0n) is 69.9. The van der Waals surface area contributed by atoms with Gasteiger partial charge in [-0.05, 0) is 103 Å². The van der Waals surface area contributed by atoms with Gasteiger partial charge in [-0.15, -0.1) is 0 Å². The minimum atomic E-state index is -5.81. The molecule has 3 aliphatic rings. The Hall–Kier alpha value is -3.31. The van der Waals surface area contributed by atoms with Crippen LogP contribution in [0.3, 0.4) is 0 Å². The average molecular weight is 1630 g/mol. The number of phosphoric acid groups is 1. The summed E-state index contributed by atoms with van der Waals surface area (Å²) in [6.07, 6.45) is 26.0. The second kappa shape index (κ2) is 66.5. The summed E-state index contributed by atoms with van der Waals surface area (Å²) < 4.78 is 73.2. The standard InChI is InChI=1S/C87H157O25P/c1-5-9-13-17-21-25-29-33-34-38-42-46-50-54-58-62-73(92)109-82-78(97)79(98)83(110-86-80(99)76(95)74(93)68(63-88)107-86)85(84(82)111-87-81(100)77(96)75(94)69(108-87)66-104-71(90)60-56-52-48-44-40-36-31-27-23-19-15-11-7-3)112-113(101,102)105-65-67(106-72(91)61-57-53-49-45-41-37-32-28-24-20-16-12-8-4)64-103-70(89)59-55-51-47-43-39-35-30-26-22-18-14-10-6-2/h25,29,35-36,39-40,67-69,74-88,93-100H,5-24,26-28,30-34,37-38,41-66H2,1-4H3,(H,101,102)/b29-25-,39-35-,40-36-. The molecule has 0 aromatic rings. The molecule has 0 radical (unpaired) electrons. The smallest absolute Gasteiger partial charge is 0.463 e. The molecule has 1 aliphatic carbocycles. The van der Waals surface area contributed by atoms with E-state index < -0.39 is 162 Å². The van der Waals surface area contributed by atoms with Crippen LogP contribution in [-0.4, -0.2) is 205 Å². The summed E-state index contributed by atoms with van der Waals surface area (Å²) in [6, 6.07) is 0. The number of aliphatic hydroxyl groups excluding tert-OH is 9. The van der Waals surface area contributed by atoms with Gasteiger partial charge in [0.25, 0.3) is 0 Å². The summed E-state index contributed by atoms with van der Waals surface area (Å²) in [5, 5.41) is 102. The van der Waals surface area contributed by atoms with E-state index in [4.69, 9.17) is 46.9 Å². The molecule has 0 spiro atoms. The summed E-state index contributed by atoms with van der Waals surface area (Å²) >= 11 is 0. The van der Waals surface area contributed by atoms with E-state index >= 15 is 0 Å². The van der Waals surface area contributed by atoms with Crippen LogP contribution in [0.1, 0.15) is 362 Å². The predicted molar refractivity (Wildman–Crippen MR) is 435 cm³/mol. The van der Waals surface area contributed by atoms with Crippen molar-refractivity contribution in [3.8, 4) is 0 Å². The molecule has 10 N–H and O–H groups in total. The van der Waals surface area contributed by atoms with Gasteiger partial charge in [0.05, 0.1) is 13.2 Å². The lowest BCUT2D eigenvalue weighted by atomic mass is 9.84. The third-order valence-corrected chi connectivity index (χ3v) is 22.6. The normalized spacial score (nSPS) is 25.6. The molecule has 0 aromatic carbocycles. The molecule has 0 bridgehead atoms. The van der Waals surface area contributed by atoms with E-state index in [1.54, 1.807) is 0 Å². The Kier molecular flexibility index (Phi) is 61.1. The van der Waals surface area contributed by atoms with E-state index in [1.165, 1.54) is 135 Å². The second-order valence-electron chi connectivity index (χ2n) is 31.7. The summed E-state index contributed by atoms with van der Waals surface area (Å²) in [6.45, 7) is 5.50. The van der Waals surface area contributed by atoms with Gasteiger partial charge in [0.1, 0.15) is 92.6 Å². The number of hydrogen-bond acceptors (Lipinski definition) is 24. The summed E-state index contributed by atoms with van der Waals surface area (Å²) in [5.41, 5.74) is 0. The fourth-order valence-electron chi connectivity index (χ4n) is 14.4. The average Bonchev–Trinajstić information content (AvgIpc) is 0.753. The SMILES string of the molecule is CCCCCC/C=C\CCCCCCCCCC(=O)OC1C(O)C(O)C(OC2OC(CO)C(O)C(O)C2O)C(OP(=O)(O)OCC(COC(=O)CCCCC/C=C\CCCCCCCC)OC(=O)CCCCCCCCCCCCCCC)C1OC1OC(COC(=O)CCCCC/C=C\CCCCCCCC)C(O)C(O)C1O. The Bertz CT molecular complexity index is 2510. The molecule has 1 saturated carbocycles. The van der Waals surface area contributed by atoms with E-state index in [2.05, 4.69) is 64.2 Å². The molecule has 3 fully saturated rings. The molecule has 2 heterocycles. The van der Waals surface area contributed by atoms with Crippen LogP contribution in [0.2, 0.25) is 0 Å². The van der Waals surface area contributed by atoms with E-state index in [9.17, 15) is 74.6 Å². The van der Waals surface area contributed by atoms with Crippen LogP contribution in [-0.2, 0) is 70.7 Å². The molecule has 0 amide bonds. The number of esters is 4. The Balaban J connectivity index is 1.95. The Morgan fingerprint density at radius 1 is 0.345 bits per heavy atom.